The van der Waals surface area contributed by atoms with Crippen LogP contribution in [0, 0.1) is 19.8 Å². The fourth-order valence-electron chi connectivity index (χ4n) is 4.80. The Labute approximate surface area is 239 Å². The van der Waals surface area contributed by atoms with Crippen molar-refractivity contribution in [2.45, 2.75) is 70.6 Å². The van der Waals surface area contributed by atoms with Crippen LogP contribution in [0.2, 0.25) is 0 Å². The number of carbonyl (C=O) groups excluding carboxylic acids is 1. The maximum absolute atomic E-state index is 14.7. The summed E-state index contributed by atoms with van der Waals surface area (Å²) in [6.07, 6.45) is 10.4. The number of nitrogens with zero attached hydrogens (tertiary/aromatic N) is 3. The van der Waals surface area contributed by atoms with Crippen LogP contribution in [0.4, 0.5) is 14.6 Å². The van der Waals surface area contributed by atoms with Crippen LogP contribution < -0.4 is 16.2 Å². The molecule has 11 heteroatoms. The predicted octanol–water partition coefficient (Wildman–Crippen LogP) is 4.14. The molecule has 0 aliphatic rings. The number of aromatic nitrogens is 3. The van der Waals surface area contributed by atoms with E-state index in [9.17, 15) is 23.5 Å². The molecule has 0 aliphatic carbocycles. The van der Waals surface area contributed by atoms with Crippen LogP contribution in [0.25, 0.3) is 10.9 Å². The first-order chi connectivity index (χ1) is 19.3. The highest BCUT2D eigenvalue weighted by Gasteiger charge is 2.47. The molecule has 0 radical (unpaired) electrons. The molecule has 0 bridgehead atoms. The highest BCUT2D eigenvalue weighted by molar-refractivity contribution is 5.89. The second-order valence-electron chi connectivity index (χ2n) is 10.2. The van der Waals surface area contributed by atoms with Crippen molar-refractivity contribution < 1.29 is 23.4 Å². The molecule has 0 aliphatic heterocycles. The lowest BCUT2D eigenvalue weighted by Crippen LogP contribution is -2.40. The number of fused-ring (bicyclic) bond motifs is 1. The van der Waals surface area contributed by atoms with Crippen molar-refractivity contribution >= 4 is 23.1 Å². The molecule has 3 aromatic rings. The van der Waals surface area contributed by atoms with E-state index in [2.05, 4.69) is 33.4 Å². The number of nitrogens with one attached hydrogen (secondary N) is 2. The van der Waals surface area contributed by atoms with Crippen molar-refractivity contribution in [3.05, 3.63) is 63.3 Å². The van der Waals surface area contributed by atoms with E-state index in [1.807, 2.05) is 13.0 Å². The Morgan fingerprint density at radius 2 is 1.85 bits per heavy atom. The first kappa shape index (κ1) is 33.3. The molecule has 1 aromatic carbocycles. The van der Waals surface area contributed by atoms with Gasteiger partial charge in [0.05, 0.1) is 11.1 Å². The zero-order valence-electron chi connectivity index (χ0n) is 24.4. The molecule has 3 N–H and O–H groups in total. The summed E-state index contributed by atoms with van der Waals surface area (Å²) in [5, 5.41) is 16.3. The number of hydrogen-bond donors (Lipinski definition) is 3. The van der Waals surface area contributed by atoms with Gasteiger partial charge in [-0.1, -0.05) is 31.5 Å². The van der Waals surface area contributed by atoms with Crippen LogP contribution in [0.1, 0.15) is 62.7 Å². The van der Waals surface area contributed by atoms with Gasteiger partial charge >= 0.3 is 5.92 Å². The van der Waals surface area contributed by atoms with Crippen molar-refractivity contribution in [3.63, 3.8) is 0 Å². The minimum Gasteiger partial charge on any atom is -0.384 e. The van der Waals surface area contributed by atoms with Crippen molar-refractivity contribution in [1.29, 1.82) is 0 Å². The molecule has 41 heavy (non-hydrogen) atoms. The van der Waals surface area contributed by atoms with E-state index in [1.165, 1.54) is 22.8 Å². The number of hydrogen-bond acceptors (Lipinski definition) is 7. The Morgan fingerprint density at radius 1 is 1.17 bits per heavy atom. The molecule has 3 rings (SSSR count). The number of halogens is 2. The van der Waals surface area contributed by atoms with Gasteiger partial charge in [-0.3, -0.25) is 9.59 Å². The molecule has 2 aromatic heterocycles. The number of ether oxygens (including phenoxy) is 1. The van der Waals surface area contributed by atoms with E-state index >= 15 is 0 Å². The van der Waals surface area contributed by atoms with E-state index in [-0.39, 0.29) is 23.2 Å². The van der Waals surface area contributed by atoms with Gasteiger partial charge < -0.3 is 25.0 Å². The molecule has 2 heterocycles. The number of benzene rings is 1. The number of carbonyl (C=O) groups is 1. The van der Waals surface area contributed by atoms with Crippen molar-refractivity contribution in [2.24, 2.45) is 7.05 Å². The van der Waals surface area contributed by atoms with E-state index in [1.54, 1.807) is 27.1 Å². The number of methoxy groups -OCH3 is 1. The molecule has 222 valence electrons. The molecule has 1 amide bonds. The second-order valence-corrected chi connectivity index (χ2v) is 10.2. The fourth-order valence-corrected chi connectivity index (χ4v) is 4.80. The lowest BCUT2D eigenvalue weighted by molar-refractivity contribution is -0.168. The summed E-state index contributed by atoms with van der Waals surface area (Å²) in [5.41, 5.74) is -2.35. The molecule has 9 nitrogen and oxygen atoms in total. The fraction of sp³-hybridized carbons (Fsp3) is 0.467. The standard InChI is InChI=1S/C28H37F2N5O4.C2H2/c1-7-11-27(39-6,12-13-31-17-36)22-15-21-23(25(37)35(22)5)33-18(2)34-24(21)32-16-19-9-8-10-20(14-19)28(29,30)26(3,4)38;1-2/h8-10,14-15,17,38H,7,11-13,16H2,1-6H3,(H,31,36)(H,32,33,34);1-2H. The number of aliphatic hydroxyl groups is 1. The Kier molecular flexibility index (Phi) is 11.1. The van der Waals surface area contributed by atoms with Crippen LogP contribution in [0.15, 0.2) is 35.1 Å². The number of alkyl halides is 2. The normalized spacial score (nSPS) is 13.1. The maximum atomic E-state index is 14.7. The van der Waals surface area contributed by atoms with Crippen molar-refractivity contribution in [2.75, 3.05) is 19.0 Å². The van der Waals surface area contributed by atoms with Crippen LogP contribution in [0.3, 0.4) is 0 Å². The quantitative estimate of drug-likeness (QED) is 0.160. The van der Waals surface area contributed by atoms with Crippen molar-refractivity contribution in [1.82, 2.24) is 19.9 Å². The van der Waals surface area contributed by atoms with Gasteiger partial charge in [0, 0.05) is 32.8 Å². The first-order valence-electron chi connectivity index (χ1n) is 13.2. The molecule has 0 saturated heterocycles. The average Bonchev–Trinajstić information content (AvgIpc) is 2.94. The third-order valence-corrected chi connectivity index (χ3v) is 6.99. The van der Waals surface area contributed by atoms with Crippen LogP contribution in [-0.4, -0.2) is 45.3 Å². The van der Waals surface area contributed by atoms with Gasteiger partial charge in [-0.2, -0.15) is 8.78 Å². The first-order valence-corrected chi connectivity index (χ1v) is 13.2. The highest BCUT2D eigenvalue weighted by atomic mass is 19.3. The molecular formula is C30H39F2N5O4. The van der Waals surface area contributed by atoms with Crippen LogP contribution in [-0.2, 0) is 34.6 Å². The van der Waals surface area contributed by atoms with Gasteiger partial charge in [-0.25, -0.2) is 9.97 Å². The summed E-state index contributed by atoms with van der Waals surface area (Å²) in [6.45, 7) is 6.31. The smallest absolute Gasteiger partial charge is 0.300 e. The molecule has 0 spiro atoms. The van der Waals surface area contributed by atoms with Crippen LogP contribution >= 0.6 is 0 Å². The summed E-state index contributed by atoms with van der Waals surface area (Å²) in [4.78, 5) is 33.3. The van der Waals surface area contributed by atoms with E-state index < -0.39 is 17.1 Å². The largest absolute Gasteiger partial charge is 0.384 e. The van der Waals surface area contributed by atoms with E-state index in [0.29, 0.717) is 54.1 Å². The summed E-state index contributed by atoms with van der Waals surface area (Å²) in [5.74, 6) is -2.70. The van der Waals surface area contributed by atoms with Gasteiger partial charge in [-0.05, 0) is 51.3 Å². The Balaban J connectivity index is 0.00000287. The van der Waals surface area contributed by atoms with Crippen molar-refractivity contribution in [3.8, 4) is 12.8 Å². The third kappa shape index (κ3) is 7.07. The topological polar surface area (TPSA) is 118 Å². The number of aryl methyl sites for hydroxylation is 1. The van der Waals surface area contributed by atoms with Gasteiger partial charge in [0.25, 0.3) is 5.56 Å². The average molecular weight is 572 g/mol. The molecule has 0 fully saturated rings. The number of pyridine rings is 1. The van der Waals surface area contributed by atoms with Gasteiger partial charge in [0.1, 0.15) is 28.4 Å². The van der Waals surface area contributed by atoms with E-state index in [4.69, 9.17) is 4.74 Å². The predicted molar refractivity (Wildman–Crippen MR) is 156 cm³/mol. The lowest BCUT2D eigenvalue weighted by Gasteiger charge is -2.34. The Hall–Kier alpha value is -3.88. The summed E-state index contributed by atoms with van der Waals surface area (Å²) < 4.78 is 37.0. The lowest BCUT2D eigenvalue weighted by atomic mass is 9.88. The Morgan fingerprint density at radius 3 is 2.44 bits per heavy atom. The SMILES string of the molecule is C#C.CCCC(CCNC=O)(OC)c1cc2c(NCc3cccc(C(F)(F)C(C)(C)O)c3)nc(C)nc2c(=O)n1C. The highest BCUT2D eigenvalue weighted by Crippen LogP contribution is 2.39. The molecular weight excluding hydrogens is 532 g/mol. The number of amides is 1. The zero-order valence-corrected chi connectivity index (χ0v) is 24.4. The summed E-state index contributed by atoms with van der Waals surface area (Å²) >= 11 is 0. The van der Waals surface area contributed by atoms with Gasteiger partial charge in [0.15, 0.2) is 0 Å². The number of anilines is 1. The monoisotopic (exact) mass is 571 g/mol. The molecule has 1 unspecified atom stereocenters. The summed E-state index contributed by atoms with van der Waals surface area (Å²) in [7, 11) is 3.24. The molecule has 0 saturated carbocycles. The van der Waals surface area contributed by atoms with Gasteiger partial charge in [0.2, 0.25) is 6.41 Å². The third-order valence-electron chi connectivity index (χ3n) is 6.99. The zero-order chi connectivity index (χ0) is 31.0. The minimum atomic E-state index is -3.45. The number of rotatable bonds is 13. The number of terminal acetylenes is 1. The van der Waals surface area contributed by atoms with Crippen LogP contribution in [0.5, 0.6) is 0 Å². The second kappa shape index (κ2) is 13.7. The minimum absolute atomic E-state index is 0.138. The molecule has 1 atom stereocenters. The van der Waals surface area contributed by atoms with E-state index in [0.717, 1.165) is 20.3 Å². The van der Waals surface area contributed by atoms with Gasteiger partial charge in [-0.15, -0.1) is 12.8 Å². The summed E-state index contributed by atoms with van der Waals surface area (Å²) in [6, 6.07) is 7.63. The Bertz CT molecular complexity index is 1430. The maximum Gasteiger partial charge on any atom is 0.300 e.